The summed E-state index contributed by atoms with van der Waals surface area (Å²) in [6.07, 6.45) is 0. The molecule has 7 heteroatoms. The molecular weight excluding hydrogens is 372 g/mol. The number of hydrogen-bond acceptors (Lipinski definition) is 5. The molecule has 0 unspecified atom stereocenters. The van der Waals surface area contributed by atoms with Gasteiger partial charge in [0.25, 0.3) is 0 Å². The molecule has 0 saturated heterocycles. The van der Waals surface area contributed by atoms with Gasteiger partial charge < -0.3 is 10.6 Å². The maximum atomic E-state index is 12.2. The van der Waals surface area contributed by atoms with Gasteiger partial charge in [0.1, 0.15) is 16.8 Å². The van der Waals surface area contributed by atoms with Crippen LogP contribution >= 0.6 is 11.8 Å². The fraction of sp³-hybridized carbons (Fsp3) is 0.238. The van der Waals surface area contributed by atoms with E-state index >= 15 is 0 Å². The summed E-state index contributed by atoms with van der Waals surface area (Å²) in [6, 6.07) is 17.2. The van der Waals surface area contributed by atoms with Crippen LogP contribution in [0.4, 0.5) is 0 Å². The fourth-order valence-corrected chi connectivity index (χ4v) is 3.59. The Kier molecular flexibility index (Phi) is 6.60. The van der Waals surface area contributed by atoms with Gasteiger partial charge in [-0.25, -0.2) is 0 Å². The highest BCUT2D eigenvalue weighted by Gasteiger charge is 2.16. The van der Waals surface area contributed by atoms with E-state index in [2.05, 4.69) is 20.8 Å². The quantitative estimate of drug-likeness (QED) is 0.602. The number of thioether (sulfide) groups is 1. The Bertz CT molecular complexity index is 979. The molecule has 3 aromatic rings. The molecule has 0 bridgehead atoms. The lowest BCUT2D eigenvalue weighted by molar-refractivity contribution is -0.127. The van der Waals surface area contributed by atoms with Crippen molar-refractivity contribution in [2.75, 3.05) is 12.3 Å². The highest BCUT2D eigenvalue weighted by atomic mass is 32.2. The van der Waals surface area contributed by atoms with Crippen LogP contribution in [0.3, 0.4) is 0 Å². The van der Waals surface area contributed by atoms with E-state index in [0.717, 1.165) is 22.0 Å². The Morgan fingerprint density at radius 3 is 2.39 bits per heavy atom. The predicted molar refractivity (Wildman–Crippen MR) is 112 cm³/mol. The average Bonchev–Trinajstić information content (AvgIpc) is 2.72. The molecule has 3 rings (SSSR count). The molecule has 1 aromatic heterocycles. The first kappa shape index (κ1) is 19.8. The zero-order chi connectivity index (χ0) is 19.9. The number of benzene rings is 2. The van der Waals surface area contributed by atoms with Crippen LogP contribution in [0.1, 0.15) is 13.8 Å². The number of fused-ring (bicyclic) bond motifs is 1. The second-order valence-electron chi connectivity index (χ2n) is 6.24. The smallest absolute Gasteiger partial charge is 0.242 e. The molecule has 2 aromatic carbocycles. The van der Waals surface area contributed by atoms with Gasteiger partial charge in [-0.15, -0.1) is 10.2 Å². The summed E-state index contributed by atoms with van der Waals surface area (Å²) in [7, 11) is 0. The number of carbonyl (C=O) groups is 2. The maximum absolute atomic E-state index is 12.2. The third kappa shape index (κ3) is 4.67. The van der Waals surface area contributed by atoms with Gasteiger partial charge in [0, 0.05) is 22.9 Å². The average molecular weight is 395 g/mol. The minimum absolute atomic E-state index is 0.160. The van der Waals surface area contributed by atoms with Crippen molar-refractivity contribution >= 4 is 34.3 Å². The summed E-state index contributed by atoms with van der Waals surface area (Å²) in [5.41, 5.74) is 1.81. The number of amides is 2. The normalized spacial score (nSPS) is 11.8. The Labute approximate surface area is 168 Å². The van der Waals surface area contributed by atoms with Crippen molar-refractivity contribution in [3.8, 4) is 11.3 Å². The van der Waals surface area contributed by atoms with E-state index < -0.39 is 6.04 Å². The molecule has 0 fully saturated rings. The summed E-state index contributed by atoms with van der Waals surface area (Å²) < 4.78 is 0. The van der Waals surface area contributed by atoms with Crippen LogP contribution in [-0.4, -0.2) is 40.4 Å². The maximum Gasteiger partial charge on any atom is 0.242 e. The van der Waals surface area contributed by atoms with Gasteiger partial charge in [0.2, 0.25) is 11.8 Å². The monoisotopic (exact) mass is 394 g/mol. The van der Waals surface area contributed by atoms with E-state index in [1.807, 2.05) is 61.5 Å². The van der Waals surface area contributed by atoms with Crippen LogP contribution < -0.4 is 10.6 Å². The van der Waals surface area contributed by atoms with E-state index in [-0.39, 0.29) is 17.6 Å². The Hall–Kier alpha value is -2.93. The Morgan fingerprint density at radius 1 is 1.00 bits per heavy atom. The highest BCUT2D eigenvalue weighted by molar-refractivity contribution is 8.00. The third-order valence-electron chi connectivity index (χ3n) is 4.16. The van der Waals surface area contributed by atoms with Crippen LogP contribution in [0.5, 0.6) is 0 Å². The van der Waals surface area contributed by atoms with E-state index in [0.29, 0.717) is 11.6 Å². The van der Waals surface area contributed by atoms with Crippen molar-refractivity contribution in [2.24, 2.45) is 0 Å². The summed E-state index contributed by atoms with van der Waals surface area (Å²) in [4.78, 5) is 23.9. The lowest BCUT2D eigenvalue weighted by Gasteiger charge is -2.13. The van der Waals surface area contributed by atoms with Gasteiger partial charge >= 0.3 is 0 Å². The molecule has 0 aliphatic carbocycles. The molecule has 28 heavy (non-hydrogen) atoms. The summed E-state index contributed by atoms with van der Waals surface area (Å²) in [6.45, 7) is 4.03. The number of rotatable bonds is 7. The number of nitrogens with zero attached hydrogens (tertiary/aromatic N) is 2. The molecule has 1 heterocycles. The van der Waals surface area contributed by atoms with Crippen LogP contribution in [0.2, 0.25) is 0 Å². The van der Waals surface area contributed by atoms with Crippen molar-refractivity contribution in [1.82, 2.24) is 20.8 Å². The van der Waals surface area contributed by atoms with Gasteiger partial charge in [0.05, 0.1) is 5.75 Å². The zero-order valence-corrected chi connectivity index (χ0v) is 16.6. The molecule has 2 amide bonds. The minimum atomic E-state index is -0.573. The minimum Gasteiger partial charge on any atom is -0.355 e. The molecule has 0 saturated carbocycles. The van der Waals surface area contributed by atoms with Crippen molar-refractivity contribution in [2.45, 2.75) is 24.9 Å². The number of nitrogens with one attached hydrogen (secondary N) is 2. The van der Waals surface area contributed by atoms with E-state index in [9.17, 15) is 9.59 Å². The van der Waals surface area contributed by atoms with Crippen molar-refractivity contribution in [3.63, 3.8) is 0 Å². The molecule has 144 valence electrons. The number of hydrogen-bond donors (Lipinski definition) is 2. The molecule has 2 N–H and O–H groups in total. The molecule has 1 atom stereocenters. The van der Waals surface area contributed by atoms with Crippen LogP contribution in [0.15, 0.2) is 59.6 Å². The van der Waals surface area contributed by atoms with Gasteiger partial charge in [-0.05, 0) is 13.8 Å². The highest BCUT2D eigenvalue weighted by Crippen LogP contribution is 2.31. The Balaban J connectivity index is 1.76. The van der Waals surface area contributed by atoms with Crippen molar-refractivity contribution < 1.29 is 9.59 Å². The van der Waals surface area contributed by atoms with E-state index in [1.54, 1.807) is 6.92 Å². The number of likely N-dealkylation sites (N-methyl/N-ethyl adjacent to an activating group) is 1. The SMILES string of the molecule is CCNC(=O)[C@H](C)NC(=O)CSc1nnc(-c2ccccc2)c2ccccc12. The number of carbonyl (C=O) groups excluding carboxylic acids is 2. The van der Waals surface area contributed by atoms with Crippen molar-refractivity contribution in [1.29, 1.82) is 0 Å². The first-order chi connectivity index (χ1) is 13.6. The number of aromatic nitrogens is 2. The third-order valence-corrected chi connectivity index (χ3v) is 5.14. The van der Waals surface area contributed by atoms with Crippen molar-refractivity contribution in [3.05, 3.63) is 54.6 Å². The van der Waals surface area contributed by atoms with Crippen LogP contribution in [-0.2, 0) is 9.59 Å². The topological polar surface area (TPSA) is 84.0 Å². The van der Waals surface area contributed by atoms with Gasteiger partial charge in [-0.3, -0.25) is 9.59 Å². The van der Waals surface area contributed by atoms with E-state index in [4.69, 9.17) is 0 Å². The lowest BCUT2D eigenvalue weighted by atomic mass is 10.1. The van der Waals surface area contributed by atoms with Gasteiger partial charge in [-0.2, -0.15) is 0 Å². The molecule has 0 aliphatic heterocycles. The van der Waals surface area contributed by atoms with Crippen LogP contribution in [0, 0.1) is 0 Å². The second-order valence-corrected chi connectivity index (χ2v) is 7.20. The predicted octanol–water partition coefficient (Wildman–Crippen LogP) is 3.03. The molecule has 6 nitrogen and oxygen atoms in total. The first-order valence-electron chi connectivity index (χ1n) is 9.11. The summed E-state index contributed by atoms with van der Waals surface area (Å²) in [5, 5.41) is 16.8. The Morgan fingerprint density at radius 2 is 1.68 bits per heavy atom. The first-order valence-corrected chi connectivity index (χ1v) is 10.1. The van der Waals surface area contributed by atoms with Gasteiger partial charge in [-0.1, -0.05) is 66.4 Å². The van der Waals surface area contributed by atoms with Crippen LogP contribution in [0.25, 0.3) is 22.0 Å². The zero-order valence-electron chi connectivity index (χ0n) is 15.8. The van der Waals surface area contributed by atoms with Gasteiger partial charge in [0.15, 0.2) is 0 Å². The second kappa shape index (κ2) is 9.32. The lowest BCUT2D eigenvalue weighted by Crippen LogP contribution is -2.45. The molecule has 0 aliphatic rings. The molecular formula is C21H22N4O2S. The summed E-state index contributed by atoms with van der Waals surface area (Å²) in [5.74, 6) is -0.257. The fourth-order valence-electron chi connectivity index (χ4n) is 2.81. The molecule has 0 radical (unpaired) electrons. The van der Waals surface area contributed by atoms with E-state index in [1.165, 1.54) is 11.8 Å². The molecule has 0 spiro atoms. The largest absolute Gasteiger partial charge is 0.355 e. The standard InChI is InChI=1S/C21H22N4O2S/c1-3-22-20(27)14(2)23-18(26)13-28-21-17-12-8-7-11-16(17)19(24-25-21)15-9-5-4-6-10-15/h4-12,14H,3,13H2,1-2H3,(H,22,27)(H,23,26)/t14-/m0/s1. The summed E-state index contributed by atoms with van der Waals surface area (Å²) >= 11 is 1.31.